The molecule has 1 saturated heterocycles. The number of rotatable bonds is 5. The van der Waals surface area contributed by atoms with E-state index >= 15 is 0 Å². The van der Waals surface area contributed by atoms with Crippen LogP contribution in [0.25, 0.3) is 0 Å². The number of nitrogens with zero attached hydrogens (tertiary/aromatic N) is 2. The third kappa shape index (κ3) is 7.23. The third-order valence-corrected chi connectivity index (χ3v) is 5.83. The standard InChI is InChI=1S/C16H21F4N5O3S.HI/c1-21-15(22-10-14(26)23-12-4-2-11(17)3-5-12)24-13-6-8-25(9-7-13)29(27,28)16(18,19)20;/h2-5,13H,6-10H2,1H3,(H,23,26)(H2,21,22,24);1H. The van der Waals surface area contributed by atoms with E-state index in [1.165, 1.54) is 31.3 Å². The summed E-state index contributed by atoms with van der Waals surface area (Å²) in [7, 11) is -3.87. The Morgan fingerprint density at radius 1 is 1.20 bits per heavy atom. The number of halogens is 5. The second-order valence-corrected chi connectivity index (χ2v) is 8.18. The van der Waals surface area contributed by atoms with Gasteiger partial charge in [0.1, 0.15) is 5.82 Å². The predicted octanol–water partition coefficient (Wildman–Crippen LogP) is 1.86. The van der Waals surface area contributed by atoms with Gasteiger partial charge in [-0.3, -0.25) is 9.79 Å². The summed E-state index contributed by atoms with van der Waals surface area (Å²) in [5.41, 5.74) is -4.90. The van der Waals surface area contributed by atoms with Gasteiger partial charge in [-0.25, -0.2) is 12.8 Å². The quantitative estimate of drug-likeness (QED) is 0.218. The third-order valence-electron chi connectivity index (χ3n) is 4.20. The summed E-state index contributed by atoms with van der Waals surface area (Å²) in [5, 5.41) is 8.26. The molecule has 0 bridgehead atoms. The number of hydrogen-bond donors (Lipinski definition) is 3. The van der Waals surface area contributed by atoms with Crippen LogP contribution in [-0.4, -0.2) is 62.8 Å². The predicted molar refractivity (Wildman–Crippen MR) is 115 cm³/mol. The molecular weight excluding hydrogens is 545 g/mol. The molecule has 0 atom stereocenters. The molecule has 8 nitrogen and oxygen atoms in total. The minimum Gasteiger partial charge on any atom is -0.354 e. The van der Waals surface area contributed by atoms with E-state index in [1.54, 1.807) is 0 Å². The van der Waals surface area contributed by atoms with Gasteiger partial charge in [-0.05, 0) is 37.1 Å². The van der Waals surface area contributed by atoms with E-state index in [2.05, 4.69) is 20.9 Å². The van der Waals surface area contributed by atoms with E-state index in [0.29, 0.717) is 9.99 Å². The van der Waals surface area contributed by atoms with Gasteiger partial charge in [0.15, 0.2) is 5.96 Å². The Kier molecular flexibility index (Phi) is 9.74. The Morgan fingerprint density at radius 2 is 1.77 bits per heavy atom. The summed E-state index contributed by atoms with van der Waals surface area (Å²) in [6, 6.07) is 4.91. The number of nitrogens with one attached hydrogen (secondary N) is 3. The fourth-order valence-corrected chi connectivity index (χ4v) is 3.66. The zero-order chi connectivity index (χ0) is 21.7. The van der Waals surface area contributed by atoms with Crippen molar-refractivity contribution >= 4 is 51.6 Å². The number of piperidine rings is 1. The molecule has 0 aliphatic carbocycles. The van der Waals surface area contributed by atoms with Crippen molar-refractivity contribution in [3.05, 3.63) is 30.1 Å². The Morgan fingerprint density at radius 3 is 2.27 bits per heavy atom. The molecule has 0 spiro atoms. The first-order valence-corrected chi connectivity index (χ1v) is 10.1. The molecule has 1 aromatic rings. The van der Waals surface area contributed by atoms with Gasteiger partial charge in [-0.1, -0.05) is 0 Å². The highest BCUT2D eigenvalue weighted by Crippen LogP contribution is 2.28. The first-order valence-electron chi connectivity index (χ1n) is 8.62. The van der Waals surface area contributed by atoms with Crippen LogP contribution < -0.4 is 16.0 Å². The Hall–Kier alpha value is -1.68. The first kappa shape index (κ1) is 26.4. The number of carbonyl (C=O) groups is 1. The molecule has 0 unspecified atom stereocenters. The molecule has 1 aliphatic heterocycles. The average molecular weight is 567 g/mol. The topological polar surface area (TPSA) is 103 Å². The van der Waals surface area contributed by atoms with E-state index in [9.17, 15) is 30.8 Å². The summed E-state index contributed by atoms with van der Waals surface area (Å²) in [6.45, 7) is -0.707. The van der Waals surface area contributed by atoms with Gasteiger partial charge in [0, 0.05) is 31.9 Å². The number of amides is 1. The highest BCUT2D eigenvalue weighted by atomic mass is 127. The van der Waals surface area contributed by atoms with E-state index in [4.69, 9.17) is 0 Å². The van der Waals surface area contributed by atoms with Crippen molar-refractivity contribution in [2.45, 2.75) is 24.4 Å². The van der Waals surface area contributed by atoms with Gasteiger partial charge < -0.3 is 16.0 Å². The molecule has 14 heteroatoms. The summed E-state index contributed by atoms with van der Waals surface area (Å²) in [6.07, 6.45) is 0.301. The van der Waals surface area contributed by atoms with Gasteiger partial charge in [0.25, 0.3) is 0 Å². The number of benzene rings is 1. The lowest BCUT2D eigenvalue weighted by Gasteiger charge is -2.32. The van der Waals surface area contributed by atoms with Crippen LogP contribution in [0, 0.1) is 5.82 Å². The first-order chi connectivity index (χ1) is 13.5. The lowest BCUT2D eigenvalue weighted by molar-refractivity contribution is -0.115. The number of sulfonamides is 1. The lowest BCUT2D eigenvalue weighted by Crippen LogP contribution is -2.52. The van der Waals surface area contributed by atoms with Crippen LogP contribution >= 0.6 is 24.0 Å². The maximum atomic E-state index is 12.9. The minimum absolute atomic E-state index is 0. The van der Waals surface area contributed by atoms with Crippen molar-refractivity contribution in [1.82, 2.24) is 14.9 Å². The van der Waals surface area contributed by atoms with Gasteiger partial charge in [0.05, 0.1) is 6.54 Å². The number of aliphatic imine (C=N–C) groups is 1. The average Bonchev–Trinajstić information content (AvgIpc) is 2.66. The van der Waals surface area contributed by atoms with Crippen molar-refractivity contribution in [2.24, 2.45) is 4.99 Å². The number of anilines is 1. The largest absolute Gasteiger partial charge is 0.511 e. The molecule has 1 amide bonds. The van der Waals surface area contributed by atoms with Crippen LogP contribution in [0.2, 0.25) is 0 Å². The van der Waals surface area contributed by atoms with E-state index in [0.717, 1.165) is 0 Å². The van der Waals surface area contributed by atoms with E-state index in [1.807, 2.05) is 0 Å². The second kappa shape index (κ2) is 11.1. The minimum atomic E-state index is -5.33. The van der Waals surface area contributed by atoms with Gasteiger partial charge >= 0.3 is 15.5 Å². The van der Waals surface area contributed by atoms with Crippen LogP contribution in [0.5, 0.6) is 0 Å². The fraction of sp³-hybridized carbons (Fsp3) is 0.500. The zero-order valence-electron chi connectivity index (χ0n) is 15.9. The highest BCUT2D eigenvalue weighted by Gasteiger charge is 2.50. The molecule has 1 heterocycles. The molecule has 1 aliphatic rings. The Bertz CT molecular complexity index is 841. The van der Waals surface area contributed by atoms with Crippen LogP contribution in [0.4, 0.5) is 23.2 Å². The van der Waals surface area contributed by atoms with E-state index < -0.39 is 27.3 Å². The molecule has 0 aromatic heterocycles. The Labute approximate surface area is 188 Å². The molecule has 30 heavy (non-hydrogen) atoms. The van der Waals surface area contributed by atoms with Crippen LogP contribution in [0.1, 0.15) is 12.8 Å². The van der Waals surface area contributed by atoms with Crippen LogP contribution in [-0.2, 0) is 14.8 Å². The molecule has 3 N–H and O–H groups in total. The summed E-state index contributed by atoms with van der Waals surface area (Å²) >= 11 is 0. The maximum Gasteiger partial charge on any atom is 0.511 e. The molecule has 170 valence electrons. The number of alkyl halides is 3. The van der Waals surface area contributed by atoms with Crippen LogP contribution in [0.15, 0.2) is 29.3 Å². The van der Waals surface area contributed by atoms with Gasteiger partial charge in [0.2, 0.25) is 5.91 Å². The summed E-state index contributed by atoms with van der Waals surface area (Å²) in [5.74, 6) is -0.596. The fourth-order valence-electron chi connectivity index (χ4n) is 2.68. The van der Waals surface area contributed by atoms with Gasteiger partial charge in [-0.15, -0.1) is 24.0 Å². The van der Waals surface area contributed by atoms with Crippen molar-refractivity contribution < 1.29 is 30.8 Å². The molecule has 1 fully saturated rings. The summed E-state index contributed by atoms with van der Waals surface area (Å²) in [4.78, 5) is 15.9. The van der Waals surface area contributed by atoms with E-state index in [-0.39, 0.29) is 68.5 Å². The molecule has 0 radical (unpaired) electrons. The van der Waals surface area contributed by atoms with Crippen molar-refractivity contribution in [1.29, 1.82) is 0 Å². The molecule has 2 rings (SSSR count). The van der Waals surface area contributed by atoms with Gasteiger partial charge in [-0.2, -0.15) is 17.5 Å². The van der Waals surface area contributed by atoms with Crippen molar-refractivity contribution in [3.63, 3.8) is 0 Å². The Balaban J connectivity index is 0.00000450. The smallest absolute Gasteiger partial charge is 0.354 e. The number of hydrogen-bond acceptors (Lipinski definition) is 4. The summed E-state index contributed by atoms with van der Waals surface area (Å²) < 4.78 is 73.9. The SMILES string of the molecule is CN=C(NCC(=O)Nc1ccc(F)cc1)NC1CCN(S(=O)(=O)C(F)(F)F)CC1.I. The number of guanidine groups is 1. The monoisotopic (exact) mass is 567 g/mol. The zero-order valence-corrected chi connectivity index (χ0v) is 19.0. The highest BCUT2D eigenvalue weighted by molar-refractivity contribution is 14.0. The molecular formula is C16H22F4IN5O3S. The van der Waals surface area contributed by atoms with Crippen molar-refractivity contribution in [3.8, 4) is 0 Å². The molecule has 1 aromatic carbocycles. The molecule has 0 saturated carbocycles. The van der Waals surface area contributed by atoms with Crippen LogP contribution in [0.3, 0.4) is 0 Å². The maximum absolute atomic E-state index is 12.9. The second-order valence-electron chi connectivity index (χ2n) is 6.25. The normalized spacial score (nSPS) is 16.5. The van der Waals surface area contributed by atoms with Crippen molar-refractivity contribution in [2.75, 3.05) is 32.0 Å². The number of carbonyl (C=O) groups excluding carboxylic acids is 1. The lowest BCUT2D eigenvalue weighted by atomic mass is 10.1.